The molecule has 0 radical (unpaired) electrons. The summed E-state index contributed by atoms with van der Waals surface area (Å²) in [6.45, 7) is 7.76. The molecule has 1 N–H and O–H groups in total. The fraction of sp³-hybridized carbons (Fsp3) is 0.483. The summed E-state index contributed by atoms with van der Waals surface area (Å²) in [6, 6.07) is 15.3. The first-order valence-corrected chi connectivity index (χ1v) is 13.1. The Morgan fingerprint density at radius 2 is 1.55 bits per heavy atom. The number of carbonyl (C=O) groups excluding carboxylic acids is 3. The molecule has 38 heavy (non-hydrogen) atoms. The van der Waals surface area contributed by atoms with Crippen molar-refractivity contribution >= 4 is 40.0 Å². The number of aromatic nitrogens is 1. The standard InChI is InChI=1S/C29H37N3O6/c1-29(2,3)38-27(34)30-21(17-26(33)36-4)18-31-15-13-20(14-16-31)19-37-28(35)32-24-11-7-5-9-22(24)23-10-6-8-12-25(23)32/h5-12,20-21H,13-19H2,1-4H3,(H,30,34)/t21-/m0/s1. The van der Waals surface area contributed by atoms with Crippen LogP contribution in [0.1, 0.15) is 40.0 Å². The van der Waals surface area contributed by atoms with E-state index in [4.69, 9.17) is 14.2 Å². The molecule has 9 nitrogen and oxygen atoms in total. The lowest BCUT2D eigenvalue weighted by atomic mass is 9.97. The molecule has 3 aromatic rings. The van der Waals surface area contributed by atoms with Crippen LogP contribution in [-0.4, -0.2) is 72.6 Å². The summed E-state index contributed by atoms with van der Waals surface area (Å²) in [7, 11) is 1.33. The van der Waals surface area contributed by atoms with E-state index in [2.05, 4.69) is 10.2 Å². The second-order valence-corrected chi connectivity index (χ2v) is 10.8. The van der Waals surface area contributed by atoms with Crippen LogP contribution in [0.5, 0.6) is 0 Å². The largest absolute Gasteiger partial charge is 0.469 e. The monoisotopic (exact) mass is 523 g/mol. The number of hydrogen-bond acceptors (Lipinski definition) is 7. The number of nitrogens with zero attached hydrogens (tertiary/aromatic N) is 2. The third kappa shape index (κ3) is 6.83. The summed E-state index contributed by atoms with van der Waals surface area (Å²) in [5.74, 6) is -0.154. The maximum absolute atomic E-state index is 13.2. The molecule has 0 saturated carbocycles. The first kappa shape index (κ1) is 27.4. The number of esters is 1. The van der Waals surface area contributed by atoms with E-state index >= 15 is 0 Å². The average molecular weight is 524 g/mol. The van der Waals surface area contributed by atoms with E-state index in [9.17, 15) is 14.4 Å². The highest BCUT2D eigenvalue weighted by atomic mass is 16.6. The van der Waals surface area contributed by atoms with Gasteiger partial charge in [-0.05, 0) is 64.8 Å². The third-order valence-electron chi connectivity index (χ3n) is 6.75. The molecule has 1 fully saturated rings. The number of likely N-dealkylation sites (tertiary alicyclic amines) is 1. The van der Waals surface area contributed by atoms with Crippen LogP contribution in [-0.2, 0) is 19.0 Å². The highest BCUT2D eigenvalue weighted by molar-refractivity contribution is 6.12. The summed E-state index contributed by atoms with van der Waals surface area (Å²) in [5, 5.41) is 4.85. The quantitative estimate of drug-likeness (QED) is 0.346. The molecular weight excluding hydrogens is 486 g/mol. The van der Waals surface area contributed by atoms with Crippen LogP contribution in [0.2, 0.25) is 0 Å². The maximum atomic E-state index is 13.2. The van der Waals surface area contributed by atoms with E-state index in [0.29, 0.717) is 13.2 Å². The van der Waals surface area contributed by atoms with Gasteiger partial charge in [-0.25, -0.2) is 14.2 Å². The number of fused-ring (bicyclic) bond motifs is 3. The first-order valence-electron chi connectivity index (χ1n) is 13.1. The minimum atomic E-state index is -0.630. The van der Waals surface area contributed by atoms with E-state index < -0.39 is 23.7 Å². The Morgan fingerprint density at radius 3 is 2.11 bits per heavy atom. The van der Waals surface area contributed by atoms with Gasteiger partial charge in [-0.15, -0.1) is 0 Å². The molecular formula is C29H37N3O6. The van der Waals surface area contributed by atoms with Crippen molar-refractivity contribution in [3.8, 4) is 0 Å². The number of carbonyl (C=O) groups is 3. The molecule has 1 amide bonds. The Bertz CT molecular complexity index is 1230. The SMILES string of the molecule is COC(=O)C[C@@H](CN1CCC(COC(=O)n2c3ccccc3c3ccccc32)CC1)NC(=O)OC(C)(C)C. The third-order valence-corrected chi connectivity index (χ3v) is 6.75. The Hall–Kier alpha value is -3.59. The number of hydrogen-bond donors (Lipinski definition) is 1. The van der Waals surface area contributed by atoms with Gasteiger partial charge in [0.05, 0.1) is 37.2 Å². The van der Waals surface area contributed by atoms with Gasteiger partial charge in [-0.1, -0.05) is 36.4 Å². The lowest BCUT2D eigenvalue weighted by Gasteiger charge is -2.34. The molecule has 0 aliphatic carbocycles. The molecule has 1 aromatic heterocycles. The predicted molar refractivity (Wildman–Crippen MR) is 145 cm³/mol. The number of para-hydroxylation sites is 2. The number of methoxy groups -OCH3 is 1. The number of ether oxygens (including phenoxy) is 3. The van der Waals surface area contributed by atoms with Crippen LogP contribution < -0.4 is 5.32 Å². The molecule has 1 aliphatic heterocycles. The summed E-state index contributed by atoms with van der Waals surface area (Å²) in [4.78, 5) is 39.6. The minimum Gasteiger partial charge on any atom is -0.469 e. The Morgan fingerprint density at radius 1 is 0.974 bits per heavy atom. The molecule has 2 aromatic carbocycles. The van der Waals surface area contributed by atoms with Gasteiger partial charge in [-0.3, -0.25) is 4.79 Å². The summed E-state index contributed by atoms with van der Waals surface area (Å²) >= 11 is 0. The van der Waals surface area contributed by atoms with Crippen LogP contribution in [0.15, 0.2) is 48.5 Å². The van der Waals surface area contributed by atoms with Crippen LogP contribution in [0.4, 0.5) is 9.59 Å². The Balaban J connectivity index is 1.31. The highest BCUT2D eigenvalue weighted by Gasteiger charge is 2.27. The van der Waals surface area contributed by atoms with Crippen molar-refractivity contribution in [1.82, 2.24) is 14.8 Å². The van der Waals surface area contributed by atoms with Crippen molar-refractivity contribution in [2.75, 3.05) is 33.4 Å². The molecule has 1 atom stereocenters. The minimum absolute atomic E-state index is 0.0616. The average Bonchev–Trinajstić information content (AvgIpc) is 3.21. The predicted octanol–water partition coefficient (Wildman–Crippen LogP) is 4.95. The molecule has 0 spiro atoms. The van der Waals surface area contributed by atoms with Gasteiger partial charge in [0, 0.05) is 17.3 Å². The van der Waals surface area contributed by atoms with Crippen LogP contribution in [0, 0.1) is 5.92 Å². The Kier molecular flexibility index (Phi) is 8.56. The van der Waals surface area contributed by atoms with Crippen molar-refractivity contribution in [3.05, 3.63) is 48.5 Å². The molecule has 1 aliphatic rings. The second-order valence-electron chi connectivity index (χ2n) is 10.8. The number of alkyl carbamates (subject to hydrolysis) is 1. The van der Waals surface area contributed by atoms with E-state index in [1.807, 2.05) is 48.5 Å². The molecule has 0 bridgehead atoms. The van der Waals surface area contributed by atoms with E-state index in [0.717, 1.165) is 47.7 Å². The molecule has 0 unspecified atom stereocenters. The van der Waals surface area contributed by atoms with Crippen molar-refractivity contribution in [2.24, 2.45) is 5.92 Å². The molecule has 4 rings (SSSR count). The summed E-state index contributed by atoms with van der Waals surface area (Å²) in [6.07, 6.45) is 0.824. The number of rotatable bonds is 7. The number of benzene rings is 2. The van der Waals surface area contributed by atoms with Crippen molar-refractivity contribution in [2.45, 2.75) is 51.7 Å². The van der Waals surface area contributed by atoms with Gasteiger partial charge in [-0.2, -0.15) is 0 Å². The first-order chi connectivity index (χ1) is 18.1. The number of nitrogens with one attached hydrogen (secondary N) is 1. The molecule has 2 heterocycles. The van der Waals surface area contributed by atoms with Gasteiger partial charge in [0.15, 0.2) is 0 Å². The van der Waals surface area contributed by atoms with Gasteiger partial charge >= 0.3 is 18.2 Å². The lowest BCUT2D eigenvalue weighted by molar-refractivity contribution is -0.141. The molecule has 1 saturated heterocycles. The molecule has 9 heteroatoms. The zero-order valence-corrected chi connectivity index (χ0v) is 22.6. The number of piperidine rings is 1. The highest BCUT2D eigenvalue weighted by Crippen LogP contribution is 2.29. The lowest BCUT2D eigenvalue weighted by Crippen LogP contribution is -2.48. The zero-order valence-electron chi connectivity index (χ0n) is 22.6. The van der Waals surface area contributed by atoms with Crippen LogP contribution in [0.3, 0.4) is 0 Å². The Labute approximate surface area is 223 Å². The van der Waals surface area contributed by atoms with Gasteiger partial charge in [0.1, 0.15) is 5.60 Å². The van der Waals surface area contributed by atoms with Crippen molar-refractivity contribution in [3.63, 3.8) is 0 Å². The topological polar surface area (TPSA) is 99.1 Å². The van der Waals surface area contributed by atoms with E-state index in [1.165, 1.54) is 7.11 Å². The van der Waals surface area contributed by atoms with Gasteiger partial charge < -0.3 is 24.4 Å². The fourth-order valence-electron chi connectivity index (χ4n) is 4.94. The maximum Gasteiger partial charge on any atom is 0.418 e. The number of amides is 1. The summed E-state index contributed by atoms with van der Waals surface area (Å²) < 4.78 is 17.6. The smallest absolute Gasteiger partial charge is 0.418 e. The fourth-order valence-corrected chi connectivity index (χ4v) is 4.94. The van der Waals surface area contributed by atoms with E-state index in [1.54, 1.807) is 25.3 Å². The van der Waals surface area contributed by atoms with Gasteiger partial charge in [0.25, 0.3) is 0 Å². The van der Waals surface area contributed by atoms with Gasteiger partial charge in [0.2, 0.25) is 0 Å². The van der Waals surface area contributed by atoms with Crippen molar-refractivity contribution < 1.29 is 28.6 Å². The molecule has 204 valence electrons. The van der Waals surface area contributed by atoms with E-state index in [-0.39, 0.29) is 18.4 Å². The van der Waals surface area contributed by atoms with Crippen molar-refractivity contribution in [1.29, 1.82) is 0 Å². The second kappa shape index (κ2) is 11.9. The van der Waals surface area contributed by atoms with Crippen LogP contribution >= 0.6 is 0 Å². The summed E-state index contributed by atoms with van der Waals surface area (Å²) in [5.41, 5.74) is 1.04. The zero-order chi connectivity index (χ0) is 27.3. The normalized spacial score (nSPS) is 15.8. The van der Waals surface area contributed by atoms with Crippen LogP contribution in [0.25, 0.3) is 21.8 Å².